The van der Waals surface area contributed by atoms with E-state index in [9.17, 15) is 0 Å². The fourth-order valence-electron chi connectivity index (χ4n) is 3.22. The maximum Gasteiger partial charge on any atom is 0.0535 e. The van der Waals surface area contributed by atoms with Gasteiger partial charge in [-0.2, -0.15) is 0 Å². The molecule has 1 aliphatic heterocycles. The van der Waals surface area contributed by atoms with Gasteiger partial charge in [-0.1, -0.05) is 43.7 Å². The lowest BCUT2D eigenvalue weighted by Gasteiger charge is -2.48. The standard InChI is InChI=1S/C17H28N2/c1-5-9-16-12-18-17(4,13-19(16)14(2)3)15-10-7-6-8-11-15/h6-8,10-11,14,16,18H,5,9,12-13H2,1-4H3. The highest BCUT2D eigenvalue weighted by atomic mass is 15.3. The van der Waals surface area contributed by atoms with Gasteiger partial charge in [-0.15, -0.1) is 0 Å². The van der Waals surface area contributed by atoms with Gasteiger partial charge in [0.15, 0.2) is 0 Å². The van der Waals surface area contributed by atoms with E-state index >= 15 is 0 Å². The zero-order valence-electron chi connectivity index (χ0n) is 12.8. The van der Waals surface area contributed by atoms with Gasteiger partial charge in [0.2, 0.25) is 0 Å². The number of rotatable bonds is 4. The predicted molar refractivity (Wildman–Crippen MR) is 82.3 cm³/mol. The first-order valence-electron chi connectivity index (χ1n) is 7.63. The first-order chi connectivity index (χ1) is 9.07. The molecular formula is C17H28N2. The van der Waals surface area contributed by atoms with Crippen LogP contribution in [0.25, 0.3) is 0 Å². The van der Waals surface area contributed by atoms with E-state index in [0.717, 1.165) is 13.1 Å². The summed E-state index contributed by atoms with van der Waals surface area (Å²) in [6.45, 7) is 11.4. The zero-order valence-corrected chi connectivity index (χ0v) is 12.8. The molecule has 0 radical (unpaired) electrons. The molecule has 0 spiro atoms. The van der Waals surface area contributed by atoms with Gasteiger partial charge in [-0.25, -0.2) is 0 Å². The number of hydrogen-bond donors (Lipinski definition) is 1. The van der Waals surface area contributed by atoms with Crippen LogP contribution < -0.4 is 5.32 Å². The Kier molecular flexibility index (Phi) is 4.64. The summed E-state index contributed by atoms with van der Waals surface area (Å²) in [7, 11) is 0. The molecule has 1 aromatic carbocycles. The normalized spacial score (nSPS) is 28.8. The van der Waals surface area contributed by atoms with E-state index in [4.69, 9.17) is 0 Å². The van der Waals surface area contributed by atoms with Crippen molar-refractivity contribution >= 4 is 0 Å². The van der Waals surface area contributed by atoms with E-state index in [2.05, 4.69) is 68.2 Å². The molecule has 19 heavy (non-hydrogen) atoms. The minimum atomic E-state index is 0.0791. The van der Waals surface area contributed by atoms with Crippen molar-refractivity contribution in [3.63, 3.8) is 0 Å². The van der Waals surface area contributed by atoms with E-state index in [0.29, 0.717) is 12.1 Å². The van der Waals surface area contributed by atoms with Crippen molar-refractivity contribution in [2.45, 2.75) is 58.2 Å². The van der Waals surface area contributed by atoms with Gasteiger partial charge in [-0.3, -0.25) is 4.90 Å². The van der Waals surface area contributed by atoms with E-state index in [-0.39, 0.29) is 5.54 Å². The second-order valence-electron chi connectivity index (χ2n) is 6.29. The highest BCUT2D eigenvalue weighted by Gasteiger charge is 2.37. The van der Waals surface area contributed by atoms with Gasteiger partial charge in [0.05, 0.1) is 5.54 Å². The Morgan fingerprint density at radius 1 is 1.32 bits per heavy atom. The van der Waals surface area contributed by atoms with E-state index in [1.807, 2.05) is 0 Å². The molecule has 1 heterocycles. The van der Waals surface area contributed by atoms with Crippen LogP contribution in [0.5, 0.6) is 0 Å². The highest BCUT2D eigenvalue weighted by molar-refractivity contribution is 5.25. The minimum absolute atomic E-state index is 0.0791. The fraction of sp³-hybridized carbons (Fsp3) is 0.647. The van der Waals surface area contributed by atoms with Crippen molar-refractivity contribution in [2.75, 3.05) is 13.1 Å². The number of piperazine rings is 1. The molecule has 2 unspecified atom stereocenters. The van der Waals surface area contributed by atoms with Crippen LogP contribution in [0.3, 0.4) is 0 Å². The average Bonchev–Trinajstić information content (AvgIpc) is 2.42. The predicted octanol–water partition coefficient (Wildman–Crippen LogP) is 3.38. The zero-order chi connectivity index (χ0) is 13.9. The van der Waals surface area contributed by atoms with Crippen molar-refractivity contribution < 1.29 is 0 Å². The second-order valence-corrected chi connectivity index (χ2v) is 6.29. The van der Waals surface area contributed by atoms with Gasteiger partial charge in [0, 0.05) is 25.2 Å². The molecule has 1 fully saturated rings. The van der Waals surface area contributed by atoms with Crippen molar-refractivity contribution in [1.29, 1.82) is 0 Å². The lowest BCUT2D eigenvalue weighted by Crippen LogP contribution is -2.62. The summed E-state index contributed by atoms with van der Waals surface area (Å²) in [5.41, 5.74) is 1.48. The van der Waals surface area contributed by atoms with E-state index in [1.165, 1.54) is 18.4 Å². The fourth-order valence-corrected chi connectivity index (χ4v) is 3.22. The third kappa shape index (κ3) is 3.18. The topological polar surface area (TPSA) is 15.3 Å². The summed E-state index contributed by atoms with van der Waals surface area (Å²) in [5, 5.41) is 3.79. The largest absolute Gasteiger partial charge is 0.305 e. The Bertz CT molecular complexity index is 388. The number of benzene rings is 1. The molecule has 2 atom stereocenters. The smallest absolute Gasteiger partial charge is 0.0535 e. The SMILES string of the molecule is CCCC1CNC(C)(c2ccccc2)CN1C(C)C. The molecule has 0 aliphatic carbocycles. The Balaban J connectivity index is 2.18. The number of nitrogens with one attached hydrogen (secondary N) is 1. The summed E-state index contributed by atoms with van der Waals surface area (Å²) in [5.74, 6) is 0. The molecule has 0 amide bonds. The Hall–Kier alpha value is -0.860. The van der Waals surface area contributed by atoms with Crippen LogP contribution in [-0.2, 0) is 5.54 Å². The lowest BCUT2D eigenvalue weighted by molar-refractivity contribution is 0.0538. The molecule has 0 aromatic heterocycles. The van der Waals surface area contributed by atoms with E-state index in [1.54, 1.807) is 0 Å². The number of nitrogens with zero attached hydrogens (tertiary/aromatic N) is 1. The third-order valence-electron chi connectivity index (χ3n) is 4.39. The third-order valence-corrected chi connectivity index (χ3v) is 4.39. The molecule has 0 bridgehead atoms. The van der Waals surface area contributed by atoms with Crippen LogP contribution >= 0.6 is 0 Å². The monoisotopic (exact) mass is 260 g/mol. The van der Waals surface area contributed by atoms with Crippen LogP contribution in [0.15, 0.2) is 30.3 Å². The molecule has 2 nitrogen and oxygen atoms in total. The van der Waals surface area contributed by atoms with Crippen molar-refractivity contribution in [2.24, 2.45) is 0 Å². The van der Waals surface area contributed by atoms with Crippen LogP contribution in [0.2, 0.25) is 0 Å². The molecule has 2 heteroatoms. The Morgan fingerprint density at radius 2 is 2.00 bits per heavy atom. The summed E-state index contributed by atoms with van der Waals surface area (Å²) in [6, 6.07) is 12.1. The van der Waals surface area contributed by atoms with Crippen LogP contribution in [0.4, 0.5) is 0 Å². The molecule has 1 saturated heterocycles. The lowest BCUT2D eigenvalue weighted by atomic mass is 9.87. The first kappa shape index (κ1) is 14.5. The molecule has 0 saturated carbocycles. The van der Waals surface area contributed by atoms with Gasteiger partial charge in [0.25, 0.3) is 0 Å². The molecule has 2 rings (SSSR count). The van der Waals surface area contributed by atoms with Crippen molar-refractivity contribution in [3.8, 4) is 0 Å². The van der Waals surface area contributed by atoms with Crippen LogP contribution in [0.1, 0.15) is 46.1 Å². The summed E-state index contributed by atoms with van der Waals surface area (Å²) >= 11 is 0. The maximum absolute atomic E-state index is 3.79. The maximum atomic E-state index is 3.79. The van der Waals surface area contributed by atoms with Crippen LogP contribution in [-0.4, -0.2) is 30.1 Å². The quantitative estimate of drug-likeness (QED) is 0.893. The first-order valence-corrected chi connectivity index (χ1v) is 7.63. The van der Waals surface area contributed by atoms with Gasteiger partial charge >= 0.3 is 0 Å². The molecule has 1 aromatic rings. The molecule has 1 N–H and O–H groups in total. The van der Waals surface area contributed by atoms with E-state index < -0.39 is 0 Å². The van der Waals surface area contributed by atoms with Gasteiger partial charge < -0.3 is 5.32 Å². The average molecular weight is 260 g/mol. The van der Waals surface area contributed by atoms with Gasteiger partial charge in [0.1, 0.15) is 0 Å². The molecule has 1 aliphatic rings. The Labute approximate surface area is 118 Å². The highest BCUT2D eigenvalue weighted by Crippen LogP contribution is 2.28. The summed E-state index contributed by atoms with van der Waals surface area (Å²) in [6.07, 6.45) is 2.55. The second kappa shape index (κ2) is 6.06. The van der Waals surface area contributed by atoms with Crippen molar-refractivity contribution in [1.82, 2.24) is 10.2 Å². The Morgan fingerprint density at radius 3 is 2.58 bits per heavy atom. The molecule has 106 valence electrons. The van der Waals surface area contributed by atoms with Gasteiger partial charge in [-0.05, 0) is 32.8 Å². The van der Waals surface area contributed by atoms with Crippen LogP contribution in [0, 0.1) is 0 Å². The number of hydrogen-bond acceptors (Lipinski definition) is 2. The van der Waals surface area contributed by atoms with Crippen molar-refractivity contribution in [3.05, 3.63) is 35.9 Å². The summed E-state index contributed by atoms with van der Waals surface area (Å²) in [4.78, 5) is 2.67. The summed E-state index contributed by atoms with van der Waals surface area (Å²) < 4.78 is 0. The minimum Gasteiger partial charge on any atom is -0.305 e. The molecular weight excluding hydrogens is 232 g/mol.